The lowest BCUT2D eigenvalue weighted by Gasteiger charge is -2.34. The Hall–Kier alpha value is -2.61. The number of benzene rings is 1. The minimum atomic E-state index is -1.32. The van der Waals surface area contributed by atoms with Gasteiger partial charge >= 0.3 is 11.9 Å². The molecule has 2 N–H and O–H groups in total. The van der Waals surface area contributed by atoms with E-state index in [1.54, 1.807) is 0 Å². The minimum Gasteiger partial charge on any atom is -0.490 e. The largest absolute Gasteiger partial charge is 0.490 e. The molecule has 140 valence electrons. The molecule has 0 bridgehead atoms. The van der Waals surface area contributed by atoms with Crippen LogP contribution in [0.5, 0.6) is 5.75 Å². The molecule has 1 aromatic carbocycles. The van der Waals surface area contributed by atoms with E-state index in [9.17, 15) is 19.1 Å². The number of hydrogen-bond donors (Lipinski definition) is 2. The number of morpholine rings is 1. The zero-order chi connectivity index (χ0) is 18.7. The summed E-state index contributed by atoms with van der Waals surface area (Å²) in [4.78, 5) is 23.6. The second-order valence-corrected chi connectivity index (χ2v) is 6.32. The van der Waals surface area contributed by atoms with Gasteiger partial charge in [-0.25, -0.2) is 14.0 Å². The highest BCUT2D eigenvalue weighted by molar-refractivity contribution is 5.94. The van der Waals surface area contributed by atoms with E-state index in [2.05, 4.69) is 0 Å². The number of aliphatic carboxylic acids is 2. The molecular formula is C18H20FNO6. The van der Waals surface area contributed by atoms with E-state index in [1.165, 1.54) is 17.0 Å². The van der Waals surface area contributed by atoms with Gasteiger partial charge in [0, 0.05) is 19.2 Å². The molecule has 0 amide bonds. The molecule has 0 radical (unpaired) electrons. The second-order valence-electron chi connectivity index (χ2n) is 6.32. The van der Waals surface area contributed by atoms with Crippen LogP contribution in [-0.2, 0) is 27.2 Å². The van der Waals surface area contributed by atoms with E-state index in [0.29, 0.717) is 11.8 Å². The summed E-state index contributed by atoms with van der Waals surface area (Å²) < 4.78 is 25.1. The highest BCUT2D eigenvalue weighted by atomic mass is 19.1. The third-order valence-corrected chi connectivity index (χ3v) is 4.52. The average Bonchev–Trinajstić information content (AvgIpc) is 3.05. The maximum absolute atomic E-state index is 13.7. The summed E-state index contributed by atoms with van der Waals surface area (Å²) in [6.07, 6.45) is 2.86. The van der Waals surface area contributed by atoms with Gasteiger partial charge in [-0.15, -0.1) is 0 Å². The van der Waals surface area contributed by atoms with Crippen molar-refractivity contribution in [2.45, 2.75) is 25.4 Å². The van der Waals surface area contributed by atoms with Gasteiger partial charge in [0.25, 0.3) is 0 Å². The molecule has 8 heteroatoms. The molecule has 1 unspecified atom stereocenters. The number of hydrogen-bond acceptors (Lipinski definition) is 5. The normalized spacial score (nSPS) is 20.0. The Bertz CT molecular complexity index is 747. The Morgan fingerprint density at radius 3 is 2.88 bits per heavy atom. The first kappa shape index (κ1) is 18.2. The Balaban J connectivity index is 1.66. The van der Waals surface area contributed by atoms with Crippen molar-refractivity contribution < 1.29 is 33.7 Å². The molecule has 1 atom stereocenters. The molecule has 1 aliphatic heterocycles. The van der Waals surface area contributed by atoms with Crippen molar-refractivity contribution in [3.8, 4) is 5.75 Å². The molecule has 7 nitrogen and oxygen atoms in total. The third kappa shape index (κ3) is 4.13. The molecule has 0 spiro atoms. The number of nitrogens with zero attached hydrogens (tertiary/aromatic N) is 1. The van der Waals surface area contributed by atoms with Gasteiger partial charge in [-0.3, -0.25) is 0 Å². The van der Waals surface area contributed by atoms with E-state index >= 15 is 0 Å². The lowest BCUT2D eigenvalue weighted by atomic mass is 10.1. The summed E-state index contributed by atoms with van der Waals surface area (Å²) >= 11 is 0. The standard InChI is InChI=1S/C18H20FNO6/c19-12-6-11-2-1-3-14(11)16(7-12)26-10-13-9-20(4-5-25-13)15(18(23)24)8-17(21)22/h6-8,13H,1-5,9-10H2,(H,21,22)(H,23,24)/b15-8-. The Labute approximate surface area is 149 Å². The highest BCUT2D eigenvalue weighted by Crippen LogP contribution is 2.32. The van der Waals surface area contributed by atoms with Gasteiger partial charge in [0.05, 0.1) is 12.7 Å². The predicted molar refractivity (Wildman–Crippen MR) is 88.6 cm³/mol. The maximum atomic E-state index is 13.7. The first-order valence-corrected chi connectivity index (χ1v) is 8.42. The summed E-state index contributed by atoms with van der Waals surface area (Å²) in [5.74, 6) is -2.48. The van der Waals surface area contributed by atoms with Gasteiger partial charge in [-0.05, 0) is 36.5 Å². The monoisotopic (exact) mass is 365 g/mol. The predicted octanol–water partition coefficient (Wildman–Crippen LogP) is 1.45. The Morgan fingerprint density at radius 2 is 2.15 bits per heavy atom. The molecule has 1 fully saturated rings. The minimum absolute atomic E-state index is 0.131. The van der Waals surface area contributed by atoms with Crippen molar-refractivity contribution in [1.82, 2.24) is 4.90 Å². The van der Waals surface area contributed by atoms with Gasteiger partial charge in [0.2, 0.25) is 0 Å². The van der Waals surface area contributed by atoms with Crippen LogP contribution in [0.1, 0.15) is 17.5 Å². The van der Waals surface area contributed by atoms with Crippen LogP contribution in [0.15, 0.2) is 23.9 Å². The van der Waals surface area contributed by atoms with E-state index in [-0.39, 0.29) is 37.8 Å². The van der Waals surface area contributed by atoms with E-state index in [0.717, 1.165) is 30.4 Å². The van der Waals surface area contributed by atoms with Crippen LogP contribution in [-0.4, -0.2) is 59.5 Å². The first-order valence-electron chi connectivity index (χ1n) is 8.42. The maximum Gasteiger partial charge on any atom is 0.352 e. The van der Waals surface area contributed by atoms with Crippen molar-refractivity contribution in [2.75, 3.05) is 26.3 Å². The Morgan fingerprint density at radius 1 is 1.35 bits per heavy atom. The quantitative estimate of drug-likeness (QED) is 0.737. The molecule has 1 aromatic rings. The van der Waals surface area contributed by atoms with Gasteiger partial charge in [0.1, 0.15) is 30.0 Å². The van der Waals surface area contributed by atoms with Crippen LogP contribution < -0.4 is 4.74 Å². The SMILES string of the molecule is O=C(O)/C=C(/C(=O)O)N1CCOC(COc2cc(F)cc3c2CCC3)C1. The lowest BCUT2D eigenvalue weighted by Crippen LogP contribution is -2.45. The fourth-order valence-corrected chi connectivity index (χ4v) is 3.38. The van der Waals surface area contributed by atoms with Gasteiger partial charge < -0.3 is 24.6 Å². The summed E-state index contributed by atoms with van der Waals surface area (Å²) in [5.41, 5.74) is 1.68. The summed E-state index contributed by atoms with van der Waals surface area (Å²) in [6, 6.07) is 2.89. The zero-order valence-corrected chi connectivity index (χ0v) is 14.1. The van der Waals surface area contributed by atoms with E-state index < -0.39 is 18.0 Å². The van der Waals surface area contributed by atoms with Crippen LogP contribution in [0.4, 0.5) is 4.39 Å². The molecule has 1 saturated heterocycles. The van der Waals surface area contributed by atoms with E-state index in [4.69, 9.17) is 14.6 Å². The van der Waals surface area contributed by atoms with Gasteiger partial charge in [0.15, 0.2) is 0 Å². The molecular weight excluding hydrogens is 345 g/mol. The molecule has 1 heterocycles. The highest BCUT2D eigenvalue weighted by Gasteiger charge is 2.27. The average molecular weight is 365 g/mol. The third-order valence-electron chi connectivity index (χ3n) is 4.52. The fraction of sp³-hybridized carbons (Fsp3) is 0.444. The van der Waals surface area contributed by atoms with Crippen LogP contribution >= 0.6 is 0 Å². The smallest absolute Gasteiger partial charge is 0.352 e. The van der Waals surface area contributed by atoms with Gasteiger partial charge in [-0.2, -0.15) is 0 Å². The van der Waals surface area contributed by atoms with Crippen LogP contribution in [0, 0.1) is 5.82 Å². The number of rotatable bonds is 6. The van der Waals surface area contributed by atoms with Crippen molar-refractivity contribution in [3.63, 3.8) is 0 Å². The van der Waals surface area contributed by atoms with Crippen LogP contribution in [0.2, 0.25) is 0 Å². The number of halogens is 1. The van der Waals surface area contributed by atoms with Crippen molar-refractivity contribution in [2.24, 2.45) is 0 Å². The number of carbonyl (C=O) groups is 2. The summed E-state index contributed by atoms with van der Waals surface area (Å²) in [6.45, 7) is 0.839. The lowest BCUT2D eigenvalue weighted by molar-refractivity contribution is -0.137. The zero-order valence-electron chi connectivity index (χ0n) is 14.1. The molecule has 1 aliphatic carbocycles. The first-order chi connectivity index (χ1) is 12.4. The van der Waals surface area contributed by atoms with E-state index in [1.807, 2.05) is 0 Å². The number of ether oxygens (including phenoxy) is 2. The summed E-state index contributed by atoms with van der Waals surface area (Å²) in [5, 5.41) is 18.1. The van der Waals surface area contributed by atoms with Crippen molar-refractivity contribution >= 4 is 11.9 Å². The van der Waals surface area contributed by atoms with Crippen LogP contribution in [0.25, 0.3) is 0 Å². The van der Waals surface area contributed by atoms with Crippen LogP contribution in [0.3, 0.4) is 0 Å². The number of aryl methyl sites for hydroxylation is 1. The fourth-order valence-electron chi connectivity index (χ4n) is 3.38. The molecule has 3 rings (SSSR count). The second kappa shape index (κ2) is 7.74. The van der Waals surface area contributed by atoms with Crippen molar-refractivity contribution in [3.05, 3.63) is 40.8 Å². The molecule has 26 heavy (non-hydrogen) atoms. The molecule has 0 aromatic heterocycles. The summed E-state index contributed by atoms with van der Waals surface area (Å²) in [7, 11) is 0. The number of carboxylic acid groups (broad SMARTS) is 2. The van der Waals surface area contributed by atoms with Crippen molar-refractivity contribution in [1.29, 1.82) is 0 Å². The topological polar surface area (TPSA) is 96.3 Å². The molecule has 2 aliphatic rings. The number of carboxylic acids is 2. The Kier molecular flexibility index (Phi) is 5.41. The molecule has 0 saturated carbocycles. The number of fused-ring (bicyclic) bond motifs is 1. The van der Waals surface area contributed by atoms with Gasteiger partial charge in [-0.1, -0.05) is 0 Å².